The van der Waals surface area contributed by atoms with E-state index < -0.39 is 6.29 Å². The van der Waals surface area contributed by atoms with Crippen molar-refractivity contribution in [3.63, 3.8) is 0 Å². The average Bonchev–Trinajstić information content (AvgIpc) is 2.20. The van der Waals surface area contributed by atoms with E-state index in [0.29, 0.717) is 39.6 Å². The Labute approximate surface area is 91.3 Å². The van der Waals surface area contributed by atoms with E-state index in [9.17, 15) is 0 Å². The fourth-order valence-electron chi connectivity index (χ4n) is 0.862. The van der Waals surface area contributed by atoms with Gasteiger partial charge >= 0.3 is 0 Å². The third-order valence-electron chi connectivity index (χ3n) is 1.53. The van der Waals surface area contributed by atoms with E-state index in [1.54, 1.807) is 6.92 Å². The van der Waals surface area contributed by atoms with Crippen molar-refractivity contribution in [2.75, 3.05) is 46.2 Å². The molecule has 0 saturated carbocycles. The minimum absolute atomic E-state index is 0.399. The molecular formula is C10H22O5. The largest absolute Gasteiger partial charge is 0.379 e. The van der Waals surface area contributed by atoms with Gasteiger partial charge in [-0.15, -0.1) is 0 Å². The smallest absolute Gasteiger partial charge is 0.151 e. The first-order chi connectivity index (χ1) is 7.27. The molecule has 5 nitrogen and oxygen atoms in total. The highest BCUT2D eigenvalue weighted by molar-refractivity contribution is 4.34. The minimum atomic E-state index is -0.726. The van der Waals surface area contributed by atoms with Crippen LogP contribution in [0, 0.1) is 0 Å². The third-order valence-corrected chi connectivity index (χ3v) is 1.53. The van der Waals surface area contributed by atoms with E-state index in [4.69, 9.17) is 24.1 Å². The van der Waals surface area contributed by atoms with Crippen LogP contribution in [0.15, 0.2) is 0 Å². The van der Waals surface area contributed by atoms with Crippen LogP contribution < -0.4 is 0 Å². The lowest BCUT2D eigenvalue weighted by atomic mass is 10.7. The molecule has 15 heavy (non-hydrogen) atoms. The van der Waals surface area contributed by atoms with Crippen molar-refractivity contribution < 1.29 is 24.1 Å². The van der Waals surface area contributed by atoms with Gasteiger partial charge in [-0.3, -0.25) is 0 Å². The van der Waals surface area contributed by atoms with Crippen molar-refractivity contribution in [2.45, 2.75) is 20.1 Å². The highest BCUT2D eigenvalue weighted by atomic mass is 16.6. The van der Waals surface area contributed by atoms with Crippen LogP contribution >= 0.6 is 0 Å². The van der Waals surface area contributed by atoms with E-state index in [1.165, 1.54) is 0 Å². The molecule has 5 heteroatoms. The van der Waals surface area contributed by atoms with E-state index in [1.807, 2.05) is 6.92 Å². The van der Waals surface area contributed by atoms with Gasteiger partial charge in [0.25, 0.3) is 0 Å². The predicted octanol–water partition coefficient (Wildman–Crippen LogP) is 0.411. The summed E-state index contributed by atoms with van der Waals surface area (Å²) in [5.41, 5.74) is 0. The van der Waals surface area contributed by atoms with Gasteiger partial charge in [0.1, 0.15) is 0 Å². The number of aliphatic hydroxyl groups is 1. The number of aliphatic hydroxyl groups excluding tert-OH is 1. The lowest BCUT2D eigenvalue weighted by Gasteiger charge is -2.07. The van der Waals surface area contributed by atoms with Crippen molar-refractivity contribution >= 4 is 0 Å². The van der Waals surface area contributed by atoms with Crippen LogP contribution in [0.1, 0.15) is 13.8 Å². The molecule has 0 heterocycles. The zero-order valence-electron chi connectivity index (χ0n) is 9.61. The first-order valence-electron chi connectivity index (χ1n) is 5.30. The van der Waals surface area contributed by atoms with E-state index in [-0.39, 0.29) is 0 Å². The Kier molecular flexibility index (Phi) is 11.7. The molecule has 0 aliphatic rings. The summed E-state index contributed by atoms with van der Waals surface area (Å²) in [6.07, 6.45) is -0.726. The van der Waals surface area contributed by atoms with Crippen LogP contribution in [-0.2, 0) is 18.9 Å². The first kappa shape index (κ1) is 14.8. The molecule has 92 valence electrons. The van der Waals surface area contributed by atoms with Crippen molar-refractivity contribution in [1.29, 1.82) is 0 Å². The van der Waals surface area contributed by atoms with Gasteiger partial charge in [-0.2, -0.15) is 0 Å². The number of hydrogen-bond acceptors (Lipinski definition) is 5. The Morgan fingerprint density at radius 2 is 1.33 bits per heavy atom. The molecule has 1 N–H and O–H groups in total. The molecule has 0 amide bonds. The van der Waals surface area contributed by atoms with E-state index in [0.717, 1.165) is 6.61 Å². The summed E-state index contributed by atoms with van der Waals surface area (Å²) in [5, 5.41) is 8.76. The molecule has 1 atom stereocenters. The molecule has 0 radical (unpaired) electrons. The van der Waals surface area contributed by atoms with Crippen LogP contribution in [0.3, 0.4) is 0 Å². The molecular weight excluding hydrogens is 200 g/mol. The lowest BCUT2D eigenvalue weighted by molar-refractivity contribution is -0.102. The predicted molar refractivity (Wildman–Crippen MR) is 55.8 cm³/mol. The second kappa shape index (κ2) is 11.9. The molecule has 0 aromatic rings. The Morgan fingerprint density at radius 3 is 1.80 bits per heavy atom. The third kappa shape index (κ3) is 13.8. The van der Waals surface area contributed by atoms with Gasteiger partial charge < -0.3 is 24.1 Å². The van der Waals surface area contributed by atoms with Crippen LogP contribution in [0.2, 0.25) is 0 Å². The number of ether oxygens (including phenoxy) is 4. The van der Waals surface area contributed by atoms with Crippen LogP contribution in [-0.4, -0.2) is 57.6 Å². The monoisotopic (exact) mass is 222 g/mol. The summed E-state index contributed by atoms with van der Waals surface area (Å²) >= 11 is 0. The molecule has 0 fully saturated rings. The van der Waals surface area contributed by atoms with Gasteiger partial charge in [0.2, 0.25) is 0 Å². The second-order valence-corrected chi connectivity index (χ2v) is 2.89. The van der Waals surface area contributed by atoms with Gasteiger partial charge in [-0.05, 0) is 13.8 Å². The van der Waals surface area contributed by atoms with Crippen molar-refractivity contribution in [3.8, 4) is 0 Å². The zero-order valence-corrected chi connectivity index (χ0v) is 9.61. The van der Waals surface area contributed by atoms with Gasteiger partial charge in [-0.1, -0.05) is 0 Å². The van der Waals surface area contributed by atoms with Crippen molar-refractivity contribution in [1.82, 2.24) is 0 Å². The highest BCUT2D eigenvalue weighted by Crippen LogP contribution is 1.85. The summed E-state index contributed by atoms with van der Waals surface area (Å²) in [4.78, 5) is 0. The molecule has 0 bridgehead atoms. The second-order valence-electron chi connectivity index (χ2n) is 2.89. The Bertz CT molecular complexity index is 118. The topological polar surface area (TPSA) is 57.2 Å². The number of hydrogen-bond donors (Lipinski definition) is 1. The van der Waals surface area contributed by atoms with E-state index >= 15 is 0 Å². The Balaban J connectivity index is 2.87. The quantitative estimate of drug-likeness (QED) is 0.405. The van der Waals surface area contributed by atoms with Crippen LogP contribution in [0.25, 0.3) is 0 Å². The van der Waals surface area contributed by atoms with Gasteiger partial charge in [0.15, 0.2) is 6.29 Å². The van der Waals surface area contributed by atoms with E-state index in [2.05, 4.69) is 0 Å². The normalized spacial score (nSPS) is 13.0. The molecule has 0 aliphatic carbocycles. The minimum Gasteiger partial charge on any atom is -0.379 e. The highest BCUT2D eigenvalue weighted by Gasteiger charge is 1.94. The molecule has 0 spiro atoms. The summed E-state index contributed by atoms with van der Waals surface area (Å²) in [7, 11) is 0. The average molecular weight is 222 g/mol. The summed E-state index contributed by atoms with van der Waals surface area (Å²) < 4.78 is 20.4. The molecule has 0 saturated heterocycles. The summed E-state index contributed by atoms with van der Waals surface area (Å²) in [6.45, 7) is 7.43. The Morgan fingerprint density at radius 1 is 0.867 bits per heavy atom. The van der Waals surface area contributed by atoms with Crippen LogP contribution in [0.4, 0.5) is 0 Å². The zero-order chi connectivity index (χ0) is 11.4. The Hall–Kier alpha value is -0.200. The van der Waals surface area contributed by atoms with Crippen LogP contribution in [0.5, 0.6) is 0 Å². The van der Waals surface area contributed by atoms with Crippen molar-refractivity contribution in [2.24, 2.45) is 0 Å². The maximum atomic E-state index is 8.76. The fraction of sp³-hybridized carbons (Fsp3) is 1.00. The maximum absolute atomic E-state index is 8.76. The van der Waals surface area contributed by atoms with Crippen molar-refractivity contribution in [3.05, 3.63) is 0 Å². The van der Waals surface area contributed by atoms with Gasteiger partial charge in [-0.25, -0.2) is 0 Å². The molecule has 0 rings (SSSR count). The fourth-order valence-corrected chi connectivity index (χ4v) is 0.862. The number of rotatable bonds is 11. The molecule has 0 aromatic carbocycles. The first-order valence-corrected chi connectivity index (χ1v) is 5.30. The summed E-state index contributed by atoms with van der Waals surface area (Å²) in [5.74, 6) is 0. The molecule has 0 aromatic heterocycles. The SMILES string of the molecule is CCOCCOCCOCCOC(C)O. The molecule has 0 aliphatic heterocycles. The summed E-state index contributed by atoms with van der Waals surface area (Å²) in [6, 6.07) is 0. The van der Waals surface area contributed by atoms with Gasteiger partial charge in [0, 0.05) is 6.61 Å². The van der Waals surface area contributed by atoms with Gasteiger partial charge in [0.05, 0.1) is 39.6 Å². The molecule has 1 unspecified atom stereocenters. The standard InChI is InChI=1S/C10H22O5/c1-3-12-4-5-13-6-7-14-8-9-15-10(2)11/h10-11H,3-9H2,1-2H3. The maximum Gasteiger partial charge on any atom is 0.151 e. The lowest BCUT2D eigenvalue weighted by Crippen LogP contribution is -2.14.